The third-order valence-electron chi connectivity index (χ3n) is 8.76. The number of ether oxygens (including phenoxy) is 1. The number of unbranched alkanes of at least 4 members (excludes halogenated alkanes) is 18. The topological polar surface area (TPSA) is 119 Å². The summed E-state index contributed by atoms with van der Waals surface area (Å²) in [4.78, 5) is 13.1. The predicted octanol–water partition coefficient (Wildman–Crippen LogP) is 8.22. The summed E-state index contributed by atoms with van der Waals surface area (Å²) in [6.45, 7) is 4.87. The summed E-state index contributed by atoms with van der Waals surface area (Å²) in [5, 5.41) is 28.8. The second-order valence-electron chi connectivity index (χ2n) is 13.7. The minimum Gasteiger partial charge on any atom is -0.774 e. The third kappa shape index (κ3) is 27.4. The van der Waals surface area contributed by atoms with Gasteiger partial charge in [-0.2, -0.15) is 0 Å². The van der Waals surface area contributed by atoms with Crippen LogP contribution in [-0.4, -0.2) is 78.4 Å². The summed E-state index contributed by atoms with van der Waals surface area (Å²) >= 11 is 0. The summed E-state index contributed by atoms with van der Waals surface area (Å²) in [5.74, 6) is -0.818. The third-order valence-corrected chi connectivity index (χ3v) is 10.9. The second-order valence-corrected chi connectivity index (χ2v) is 15.6. The van der Waals surface area contributed by atoms with Crippen LogP contribution in [0, 0.1) is 0 Å². The van der Waals surface area contributed by atoms with Crippen LogP contribution in [0.1, 0.15) is 162 Å². The van der Waals surface area contributed by atoms with Gasteiger partial charge in [0.05, 0.1) is 33.9 Å². The van der Waals surface area contributed by atoms with E-state index in [1.165, 1.54) is 103 Å². The summed E-state index contributed by atoms with van der Waals surface area (Å²) in [5.41, 5.74) is 0. The first-order valence-corrected chi connectivity index (χ1v) is 20.2. The van der Waals surface area contributed by atoms with Crippen LogP contribution in [-0.2, 0) is 13.8 Å². The van der Waals surface area contributed by atoms with E-state index in [-0.39, 0.29) is 30.7 Å². The Hall–Kier alpha value is -0.310. The van der Waals surface area contributed by atoms with Gasteiger partial charge in [0.15, 0.2) is 19.7 Å². The average Bonchev–Trinajstić information content (AvgIpc) is 2.99. The average molecular weight is 664 g/mol. The monoisotopic (exact) mass is 664 g/mol. The van der Waals surface area contributed by atoms with Crippen LogP contribution in [0.2, 0.25) is 0 Å². The SMILES string of the molecule is CCCCCCCCCCC/C=C\CCCCCCCCCOC[C@@H](O)COP(=O)([O-])C(CCCCC)[N+](C)(C)CCC(O)O. The number of aliphatic hydroxyl groups excluding tert-OH is 2. The molecule has 0 radical (unpaired) electrons. The molecule has 0 bridgehead atoms. The van der Waals surface area contributed by atoms with E-state index < -0.39 is 25.8 Å². The van der Waals surface area contributed by atoms with Crippen molar-refractivity contribution in [3.8, 4) is 0 Å². The van der Waals surface area contributed by atoms with Crippen LogP contribution < -0.4 is 4.89 Å². The van der Waals surface area contributed by atoms with Gasteiger partial charge in [-0.05, 0) is 38.5 Å². The van der Waals surface area contributed by atoms with Crippen molar-refractivity contribution in [3.05, 3.63) is 12.2 Å². The molecule has 0 heterocycles. The minimum absolute atomic E-state index is 0.0437. The molecule has 0 fully saturated rings. The highest BCUT2D eigenvalue weighted by atomic mass is 31.2. The Kier molecular flexibility index (Phi) is 29.6. The van der Waals surface area contributed by atoms with E-state index in [0.717, 1.165) is 32.1 Å². The highest BCUT2D eigenvalue weighted by Crippen LogP contribution is 2.49. The maximum atomic E-state index is 13.1. The Morgan fingerprint density at radius 1 is 0.667 bits per heavy atom. The van der Waals surface area contributed by atoms with Gasteiger partial charge in [0.2, 0.25) is 0 Å². The van der Waals surface area contributed by atoms with Crippen molar-refractivity contribution in [2.45, 2.75) is 180 Å². The molecule has 2 unspecified atom stereocenters. The van der Waals surface area contributed by atoms with Gasteiger partial charge in [-0.15, -0.1) is 0 Å². The molecule has 8 nitrogen and oxygen atoms in total. The fourth-order valence-corrected chi connectivity index (χ4v) is 7.70. The van der Waals surface area contributed by atoms with Gasteiger partial charge in [-0.1, -0.05) is 122 Å². The first kappa shape index (κ1) is 44.7. The lowest BCUT2D eigenvalue weighted by Gasteiger charge is -2.44. The van der Waals surface area contributed by atoms with Gasteiger partial charge in [0, 0.05) is 19.4 Å². The molecule has 0 spiro atoms. The summed E-state index contributed by atoms with van der Waals surface area (Å²) in [7, 11) is -0.784. The Balaban J connectivity index is 3.86. The molecule has 0 aromatic rings. The van der Waals surface area contributed by atoms with E-state index in [0.29, 0.717) is 13.0 Å². The van der Waals surface area contributed by atoms with Gasteiger partial charge in [-0.25, -0.2) is 0 Å². The number of quaternary nitrogens is 1. The standard InChI is InChI=1S/C36H74NO7P/c1-5-7-9-10-11-12-13-14-15-16-17-18-19-20-21-22-23-24-25-27-31-43-32-34(38)33-44-45(41,42)35(28-26-8-6-2)37(3,4)30-29-36(39)40/h17-18,34-36,38-40H,5-16,19-33H2,1-4H3/b18-17-/t34-,35?/m1/s1. The number of allylic oxidation sites excluding steroid dienone is 2. The van der Waals surface area contributed by atoms with E-state index >= 15 is 0 Å². The first-order chi connectivity index (χ1) is 21.6. The van der Waals surface area contributed by atoms with E-state index in [1.54, 1.807) is 14.1 Å². The molecule has 0 aliphatic heterocycles. The molecule has 0 aliphatic rings. The zero-order valence-electron chi connectivity index (χ0n) is 29.8. The molecule has 0 saturated heterocycles. The van der Waals surface area contributed by atoms with E-state index in [2.05, 4.69) is 26.0 Å². The zero-order valence-corrected chi connectivity index (χ0v) is 30.7. The Labute approximate surface area is 278 Å². The molecular formula is C36H74NO7P. The maximum absolute atomic E-state index is 13.1. The second kappa shape index (κ2) is 29.8. The molecule has 3 atom stereocenters. The summed E-state index contributed by atoms with van der Waals surface area (Å²) in [6, 6.07) is 0. The Morgan fingerprint density at radius 2 is 1.13 bits per heavy atom. The lowest BCUT2D eigenvalue weighted by atomic mass is 10.1. The smallest absolute Gasteiger partial charge is 0.193 e. The number of nitrogens with zero attached hydrogens (tertiary/aromatic N) is 1. The first-order valence-electron chi connectivity index (χ1n) is 18.6. The van der Waals surface area contributed by atoms with E-state index in [4.69, 9.17) is 9.26 Å². The Morgan fingerprint density at radius 3 is 1.64 bits per heavy atom. The van der Waals surface area contributed by atoms with Crippen LogP contribution in [0.25, 0.3) is 0 Å². The molecule has 0 aliphatic carbocycles. The normalized spacial score (nSPS) is 15.2. The molecule has 45 heavy (non-hydrogen) atoms. The van der Waals surface area contributed by atoms with Gasteiger partial charge < -0.3 is 38.5 Å². The molecule has 0 aromatic carbocycles. The van der Waals surface area contributed by atoms with Crippen molar-refractivity contribution in [2.75, 3.05) is 40.5 Å². The fraction of sp³-hybridized carbons (Fsp3) is 0.944. The van der Waals surface area contributed by atoms with Crippen LogP contribution in [0.4, 0.5) is 0 Å². The van der Waals surface area contributed by atoms with Crippen molar-refractivity contribution in [1.82, 2.24) is 0 Å². The van der Waals surface area contributed by atoms with Crippen LogP contribution in [0.15, 0.2) is 12.2 Å². The summed E-state index contributed by atoms with van der Waals surface area (Å²) < 4.78 is 24.1. The lowest BCUT2D eigenvalue weighted by Crippen LogP contribution is -2.51. The van der Waals surface area contributed by atoms with Crippen molar-refractivity contribution < 1.29 is 38.5 Å². The highest BCUT2D eigenvalue weighted by molar-refractivity contribution is 7.51. The molecular weight excluding hydrogens is 589 g/mol. The molecule has 9 heteroatoms. The summed E-state index contributed by atoms with van der Waals surface area (Å²) in [6.07, 6.45) is 28.6. The van der Waals surface area contributed by atoms with Crippen LogP contribution in [0.3, 0.4) is 0 Å². The molecule has 0 aromatic heterocycles. The fourth-order valence-electron chi connectivity index (χ4n) is 5.77. The molecule has 270 valence electrons. The van der Waals surface area contributed by atoms with Crippen molar-refractivity contribution >= 4 is 7.60 Å². The largest absolute Gasteiger partial charge is 0.774 e. The lowest BCUT2D eigenvalue weighted by molar-refractivity contribution is -0.905. The molecule has 0 amide bonds. The zero-order chi connectivity index (χ0) is 33.7. The van der Waals surface area contributed by atoms with E-state index in [9.17, 15) is 24.8 Å². The van der Waals surface area contributed by atoms with Crippen LogP contribution >= 0.6 is 7.60 Å². The van der Waals surface area contributed by atoms with Gasteiger partial charge >= 0.3 is 0 Å². The predicted molar refractivity (Wildman–Crippen MR) is 186 cm³/mol. The van der Waals surface area contributed by atoms with Crippen molar-refractivity contribution in [3.63, 3.8) is 0 Å². The maximum Gasteiger partial charge on any atom is 0.193 e. The Bertz CT molecular complexity index is 720. The van der Waals surface area contributed by atoms with Crippen molar-refractivity contribution in [2.24, 2.45) is 0 Å². The molecule has 0 rings (SSSR count). The van der Waals surface area contributed by atoms with Gasteiger partial charge in [0.1, 0.15) is 6.10 Å². The minimum atomic E-state index is -4.32. The number of hydrogen-bond acceptors (Lipinski definition) is 7. The molecule has 0 saturated carbocycles. The quantitative estimate of drug-likeness (QED) is 0.0209. The van der Waals surface area contributed by atoms with E-state index in [1.807, 2.05) is 0 Å². The van der Waals surface area contributed by atoms with Gasteiger partial charge in [0.25, 0.3) is 0 Å². The number of hydrogen-bond donors (Lipinski definition) is 3. The van der Waals surface area contributed by atoms with Gasteiger partial charge in [-0.3, -0.25) is 0 Å². The highest BCUT2D eigenvalue weighted by Gasteiger charge is 2.38. The van der Waals surface area contributed by atoms with Crippen LogP contribution in [0.5, 0.6) is 0 Å². The number of rotatable bonds is 34. The van der Waals surface area contributed by atoms with Crippen molar-refractivity contribution in [1.29, 1.82) is 0 Å². The molecule has 3 N–H and O–H groups in total. The number of aliphatic hydroxyl groups is 3.